The van der Waals surface area contributed by atoms with Crippen molar-refractivity contribution in [2.24, 2.45) is 0 Å². The van der Waals surface area contributed by atoms with Gasteiger partial charge in [0.15, 0.2) is 0 Å². The molecule has 0 radical (unpaired) electrons. The molecule has 0 saturated carbocycles. The molecule has 0 unspecified atom stereocenters. The third-order valence-electron chi connectivity index (χ3n) is 2.25. The van der Waals surface area contributed by atoms with E-state index in [-0.39, 0.29) is 6.42 Å². The van der Waals surface area contributed by atoms with Gasteiger partial charge in [0.2, 0.25) is 6.10 Å². The van der Waals surface area contributed by atoms with Crippen LogP contribution in [0.25, 0.3) is 0 Å². The average molecular weight is 295 g/mol. The van der Waals surface area contributed by atoms with Gasteiger partial charge in [-0.05, 0) is 25.8 Å². The molecule has 0 aliphatic rings. The van der Waals surface area contributed by atoms with Gasteiger partial charge in [-0.3, -0.25) is 0 Å². The zero-order valence-corrected chi connectivity index (χ0v) is 10.9. The first-order chi connectivity index (χ1) is 8.55. The summed E-state index contributed by atoms with van der Waals surface area (Å²) in [7, 11) is 0. The Kier molecular flexibility index (Phi) is 7.73. The summed E-state index contributed by atoms with van der Waals surface area (Å²) in [5.41, 5.74) is 0. The van der Waals surface area contributed by atoms with Crippen LogP contribution in [-0.2, 0) is 4.74 Å². The molecule has 0 bridgehead atoms. The van der Waals surface area contributed by atoms with E-state index in [0.717, 1.165) is 0 Å². The minimum absolute atomic E-state index is 0.169. The standard InChI is InChI=1S/C11H19F6NO/c1-8(2)18-6-4-3-5-7-19-9(10(12,13)14)11(15,16)17/h8-9,18H,3-7H2,1-2H3. The Morgan fingerprint density at radius 2 is 1.42 bits per heavy atom. The van der Waals surface area contributed by atoms with Crippen LogP contribution in [0.1, 0.15) is 33.1 Å². The van der Waals surface area contributed by atoms with Gasteiger partial charge in [0.1, 0.15) is 0 Å². The van der Waals surface area contributed by atoms with E-state index >= 15 is 0 Å². The van der Waals surface area contributed by atoms with Gasteiger partial charge in [-0.15, -0.1) is 0 Å². The highest BCUT2D eigenvalue weighted by Crippen LogP contribution is 2.35. The molecule has 0 aliphatic heterocycles. The van der Waals surface area contributed by atoms with Gasteiger partial charge in [-0.1, -0.05) is 13.8 Å². The van der Waals surface area contributed by atoms with Gasteiger partial charge in [0, 0.05) is 12.6 Å². The summed E-state index contributed by atoms with van der Waals surface area (Å²) in [6.07, 6.45) is -13.2. The maximum atomic E-state index is 12.1. The molecule has 8 heteroatoms. The number of hydrogen-bond acceptors (Lipinski definition) is 2. The summed E-state index contributed by atoms with van der Waals surface area (Å²) in [4.78, 5) is 0. The third-order valence-corrected chi connectivity index (χ3v) is 2.25. The van der Waals surface area contributed by atoms with Crippen LogP contribution in [0.15, 0.2) is 0 Å². The number of alkyl halides is 6. The first-order valence-electron chi connectivity index (χ1n) is 6.03. The molecule has 0 aromatic carbocycles. The van der Waals surface area contributed by atoms with Crippen LogP contribution in [0.2, 0.25) is 0 Å². The smallest absolute Gasteiger partial charge is 0.361 e. The SMILES string of the molecule is CC(C)NCCCCCOC(C(F)(F)F)C(F)(F)F. The van der Waals surface area contributed by atoms with E-state index in [1.165, 1.54) is 0 Å². The van der Waals surface area contributed by atoms with Crippen molar-refractivity contribution in [2.75, 3.05) is 13.2 Å². The Morgan fingerprint density at radius 3 is 1.84 bits per heavy atom. The van der Waals surface area contributed by atoms with Crippen LogP contribution < -0.4 is 5.32 Å². The van der Waals surface area contributed by atoms with Crippen molar-refractivity contribution in [3.63, 3.8) is 0 Å². The highest BCUT2D eigenvalue weighted by Gasteiger charge is 2.57. The topological polar surface area (TPSA) is 21.3 Å². The highest BCUT2D eigenvalue weighted by atomic mass is 19.4. The van der Waals surface area contributed by atoms with Gasteiger partial charge < -0.3 is 10.1 Å². The van der Waals surface area contributed by atoms with Crippen molar-refractivity contribution >= 4 is 0 Å². The molecule has 1 N–H and O–H groups in total. The summed E-state index contributed by atoms with van der Waals surface area (Å²) in [6, 6.07) is 0.302. The van der Waals surface area contributed by atoms with Crippen molar-refractivity contribution in [1.82, 2.24) is 5.32 Å². The second-order valence-corrected chi connectivity index (χ2v) is 4.50. The van der Waals surface area contributed by atoms with Crippen molar-refractivity contribution in [3.05, 3.63) is 0 Å². The lowest BCUT2D eigenvalue weighted by molar-refractivity contribution is -0.321. The number of ether oxygens (including phenoxy) is 1. The molecule has 0 heterocycles. The van der Waals surface area contributed by atoms with E-state index < -0.39 is 25.1 Å². The molecule has 19 heavy (non-hydrogen) atoms. The first kappa shape index (κ1) is 18.5. The lowest BCUT2D eigenvalue weighted by Crippen LogP contribution is -2.44. The molecule has 0 fully saturated rings. The lowest BCUT2D eigenvalue weighted by Gasteiger charge is -2.23. The molecule has 116 valence electrons. The summed E-state index contributed by atoms with van der Waals surface area (Å²) >= 11 is 0. The Hall–Kier alpha value is -0.500. The maximum absolute atomic E-state index is 12.1. The van der Waals surface area contributed by atoms with E-state index in [0.29, 0.717) is 25.4 Å². The second-order valence-electron chi connectivity index (χ2n) is 4.50. The van der Waals surface area contributed by atoms with Gasteiger partial charge >= 0.3 is 12.4 Å². The van der Waals surface area contributed by atoms with Crippen LogP contribution in [-0.4, -0.2) is 37.7 Å². The van der Waals surface area contributed by atoms with Gasteiger partial charge in [0.25, 0.3) is 0 Å². The van der Waals surface area contributed by atoms with E-state index in [9.17, 15) is 26.3 Å². The number of halogens is 6. The monoisotopic (exact) mass is 295 g/mol. The molecule has 0 aromatic heterocycles. The maximum Gasteiger partial charge on any atom is 0.423 e. The predicted molar refractivity (Wildman–Crippen MR) is 58.8 cm³/mol. The Labute approximate surface area is 108 Å². The van der Waals surface area contributed by atoms with Crippen LogP contribution in [0.3, 0.4) is 0 Å². The Bertz CT molecular complexity index is 224. The Morgan fingerprint density at radius 1 is 0.895 bits per heavy atom. The average Bonchev–Trinajstić information content (AvgIpc) is 2.17. The molecule has 0 rings (SSSR count). The van der Waals surface area contributed by atoms with Crippen LogP contribution in [0.4, 0.5) is 26.3 Å². The van der Waals surface area contributed by atoms with E-state index in [2.05, 4.69) is 10.1 Å². The predicted octanol–water partition coefficient (Wildman–Crippen LogP) is 3.66. The number of nitrogens with one attached hydrogen (secondary N) is 1. The van der Waals surface area contributed by atoms with Crippen molar-refractivity contribution < 1.29 is 31.1 Å². The van der Waals surface area contributed by atoms with Crippen molar-refractivity contribution in [1.29, 1.82) is 0 Å². The summed E-state index contributed by atoms with van der Waals surface area (Å²) < 4.78 is 76.4. The lowest BCUT2D eigenvalue weighted by atomic mass is 10.2. The molecule has 0 amide bonds. The normalized spacial score (nSPS) is 13.6. The Balaban J connectivity index is 3.84. The van der Waals surface area contributed by atoms with Crippen LogP contribution in [0.5, 0.6) is 0 Å². The fourth-order valence-electron chi connectivity index (χ4n) is 1.37. The van der Waals surface area contributed by atoms with Crippen molar-refractivity contribution in [3.8, 4) is 0 Å². The molecule has 0 spiro atoms. The van der Waals surface area contributed by atoms with Gasteiger partial charge in [0.05, 0.1) is 0 Å². The zero-order valence-electron chi connectivity index (χ0n) is 10.9. The van der Waals surface area contributed by atoms with Crippen LogP contribution >= 0.6 is 0 Å². The number of unbranched alkanes of at least 4 members (excludes halogenated alkanes) is 2. The van der Waals surface area contributed by atoms with E-state index in [1.807, 2.05) is 13.8 Å². The second kappa shape index (κ2) is 7.94. The zero-order chi connectivity index (χ0) is 15.1. The van der Waals surface area contributed by atoms with Gasteiger partial charge in [-0.25, -0.2) is 0 Å². The number of rotatable bonds is 8. The first-order valence-corrected chi connectivity index (χ1v) is 6.03. The third kappa shape index (κ3) is 9.10. The summed E-state index contributed by atoms with van der Waals surface area (Å²) in [6.45, 7) is 4.02. The minimum atomic E-state index is -5.42. The molecule has 0 saturated heterocycles. The minimum Gasteiger partial charge on any atom is -0.361 e. The van der Waals surface area contributed by atoms with Crippen molar-refractivity contribution in [2.45, 2.75) is 57.6 Å². The summed E-state index contributed by atoms with van der Waals surface area (Å²) in [5.74, 6) is 0. The fourth-order valence-corrected chi connectivity index (χ4v) is 1.37. The summed E-state index contributed by atoms with van der Waals surface area (Å²) in [5, 5.41) is 3.09. The van der Waals surface area contributed by atoms with Gasteiger partial charge in [-0.2, -0.15) is 26.3 Å². The van der Waals surface area contributed by atoms with E-state index in [4.69, 9.17) is 0 Å². The molecule has 2 nitrogen and oxygen atoms in total. The highest BCUT2D eigenvalue weighted by molar-refractivity contribution is 4.75. The molecular formula is C11H19F6NO. The van der Waals surface area contributed by atoms with Crippen LogP contribution in [0, 0.1) is 0 Å². The molecule has 0 aromatic rings. The quantitative estimate of drug-likeness (QED) is 0.545. The molecular weight excluding hydrogens is 276 g/mol. The fraction of sp³-hybridized carbons (Fsp3) is 1.00. The largest absolute Gasteiger partial charge is 0.423 e. The number of hydrogen-bond donors (Lipinski definition) is 1. The molecule has 0 atom stereocenters. The van der Waals surface area contributed by atoms with E-state index in [1.54, 1.807) is 0 Å². The molecule has 0 aliphatic carbocycles.